The van der Waals surface area contributed by atoms with Crippen LogP contribution in [-0.4, -0.2) is 27.3 Å². The van der Waals surface area contributed by atoms with Gasteiger partial charge in [0.2, 0.25) is 17.6 Å². The summed E-state index contributed by atoms with van der Waals surface area (Å²) >= 11 is 6.17. The standard InChI is InChI=1S/C20H15ClF3N3O3/c21-15-4-2-1-3-14(15)18-25-19(30-26-18)16-9-10-17(28)27(16)11-12-5-7-13(8-6-12)29-20(22,23)24/h1-8,16H,9-11H2. The number of carbonyl (C=O) groups excluding carboxylic acids is 1. The summed E-state index contributed by atoms with van der Waals surface area (Å²) < 4.78 is 46.2. The van der Waals surface area contributed by atoms with E-state index < -0.39 is 12.4 Å². The maximum Gasteiger partial charge on any atom is 0.573 e. The molecule has 1 aromatic heterocycles. The lowest BCUT2D eigenvalue weighted by molar-refractivity contribution is -0.274. The van der Waals surface area contributed by atoms with Gasteiger partial charge in [0.1, 0.15) is 11.8 Å². The average Bonchev–Trinajstić information content (AvgIpc) is 3.30. The van der Waals surface area contributed by atoms with Crippen molar-refractivity contribution >= 4 is 17.5 Å². The molecule has 2 aromatic carbocycles. The van der Waals surface area contributed by atoms with E-state index in [1.165, 1.54) is 24.3 Å². The van der Waals surface area contributed by atoms with Gasteiger partial charge >= 0.3 is 6.36 Å². The van der Waals surface area contributed by atoms with Gasteiger partial charge in [0.25, 0.3) is 0 Å². The molecule has 1 amide bonds. The Morgan fingerprint density at radius 2 is 1.90 bits per heavy atom. The van der Waals surface area contributed by atoms with Gasteiger partial charge < -0.3 is 14.2 Å². The van der Waals surface area contributed by atoms with Crippen LogP contribution in [0.1, 0.15) is 30.3 Å². The molecular formula is C20H15ClF3N3O3. The second kappa shape index (κ2) is 7.98. The van der Waals surface area contributed by atoms with Crippen molar-refractivity contribution < 1.29 is 27.2 Å². The molecule has 1 atom stereocenters. The number of aromatic nitrogens is 2. The summed E-state index contributed by atoms with van der Waals surface area (Å²) in [6.45, 7) is 0.194. The fraction of sp³-hybridized carbons (Fsp3) is 0.250. The molecule has 2 heterocycles. The summed E-state index contributed by atoms with van der Waals surface area (Å²) in [5, 5.41) is 4.45. The van der Waals surface area contributed by atoms with E-state index in [2.05, 4.69) is 14.9 Å². The Balaban J connectivity index is 1.51. The second-order valence-corrected chi connectivity index (χ2v) is 7.11. The summed E-state index contributed by atoms with van der Waals surface area (Å²) in [5.74, 6) is 0.182. The average molecular weight is 438 g/mol. The molecule has 0 saturated carbocycles. The Bertz CT molecular complexity index is 1050. The molecule has 0 spiro atoms. The summed E-state index contributed by atoms with van der Waals surface area (Å²) in [5.41, 5.74) is 1.26. The molecule has 1 fully saturated rings. The van der Waals surface area contributed by atoms with Gasteiger partial charge in [0, 0.05) is 18.5 Å². The highest BCUT2D eigenvalue weighted by Gasteiger charge is 2.36. The van der Waals surface area contributed by atoms with Crippen molar-refractivity contribution in [3.05, 3.63) is 65.0 Å². The number of alkyl halides is 3. The van der Waals surface area contributed by atoms with Crippen molar-refractivity contribution in [3.8, 4) is 17.1 Å². The topological polar surface area (TPSA) is 68.5 Å². The smallest absolute Gasteiger partial charge is 0.406 e. The molecule has 156 valence electrons. The van der Waals surface area contributed by atoms with Crippen LogP contribution >= 0.6 is 11.6 Å². The van der Waals surface area contributed by atoms with Gasteiger partial charge in [-0.3, -0.25) is 4.79 Å². The van der Waals surface area contributed by atoms with Gasteiger partial charge in [-0.2, -0.15) is 4.98 Å². The molecule has 30 heavy (non-hydrogen) atoms. The Kier molecular flexibility index (Phi) is 5.38. The third-order valence-electron chi connectivity index (χ3n) is 4.68. The lowest BCUT2D eigenvalue weighted by Crippen LogP contribution is -2.27. The van der Waals surface area contributed by atoms with Crippen LogP contribution < -0.4 is 4.74 Å². The van der Waals surface area contributed by atoms with E-state index in [1.807, 2.05) is 0 Å². The maximum absolute atomic E-state index is 12.4. The molecule has 1 aliphatic heterocycles. The van der Waals surface area contributed by atoms with Gasteiger partial charge in [-0.1, -0.05) is 41.0 Å². The molecule has 0 aliphatic carbocycles. The Hall–Kier alpha value is -3.07. The molecular weight excluding hydrogens is 423 g/mol. The number of hydrogen-bond donors (Lipinski definition) is 0. The summed E-state index contributed by atoms with van der Waals surface area (Å²) in [7, 11) is 0. The van der Waals surface area contributed by atoms with E-state index >= 15 is 0 Å². The fourth-order valence-electron chi connectivity index (χ4n) is 3.30. The molecule has 1 saturated heterocycles. The zero-order valence-electron chi connectivity index (χ0n) is 15.4. The third kappa shape index (κ3) is 4.40. The maximum atomic E-state index is 12.4. The molecule has 0 radical (unpaired) electrons. The Labute approximate surface area is 174 Å². The van der Waals surface area contributed by atoms with E-state index in [1.54, 1.807) is 29.2 Å². The molecule has 1 aliphatic rings. The number of likely N-dealkylation sites (tertiary alicyclic amines) is 1. The van der Waals surface area contributed by atoms with Crippen molar-refractivity contribution in [1.82, 2.24) is 15.0 Å². The molecule has 4 rings (SSSR count). The number of benzene rings is 2. The molecule has 3 aromatic rings. The van der Waals surface area contributed by atoms with Crippen molar-refractivity contribution in [1.29, 1.82) is 0 Å². The van der Waals surface area contributed by atoms with Gasteiger partial charge in [-0.15, -0.1) is 13.2 Å². The monoisotopic (exact) mass is 437 g/mol. The minimum atomic E-state index is -4.76. The lowest BCUT2D eigenvalue weighted by atomic mass is 10.1. The summed E-state index contributed by atoms with van der Waals surface area (Å²) in [4.78, 5) is 18.4. The van der Waals surface area contributed by atoms with Crippen LogP contribution in [0, 0.1) is 0 Å². The number of amides is 1. The first-order valence-electron chi connectivity index (χ1n) is 9.03. The predicted molar refractivity (Wildman–Crippen MR) is 100 cm³/mol. The van der Waals surface area contributed by atoms with E-state index in [-0.39, 0.29) is 24.1 Å². The Morgan fingerprint density at radius 3 is 2.60 bits per heavy atom. The minimum absolute atomic E-state index is 0.104. The van der Waals surface area contributed by atoms with Gasteiger partial charge in [-0.05, 0) is 36.2 Å². The van der Waals surface area contributed by atoms with Gasteiger partial charge in [0.05, 0.1) is 5.02 Å². The molecule has 0 bridgehead atoms. The van der Waals surface area contributed by atoms with Crippen LogP contribution in [0.15, 0.2) is 53.1 Å². The quantitative estimate of drug-likeness (QED) is 0.552. The van der Waals surface area contributed by atoms with Crippen molar-refractivity contribution in [2.24, 2.45) is 0 Å². The number of ether oxygens (including phenoxy) is 1. The number of nitrogens with zero attached hydrogens (tertiary/aromatic N) is 3. The van der Waals surface area contributed by atoms with Crippen LogP contribution in [-0.2, 0) is 11.3 Å². The number of carbonyl (C=O) groups is 1. The number of halogens is 4. The molecule has 1 unspecified atom stereocenters. The highest BCUT2D eigenvalue weighted by molar-refractivity contribution is 6.33. The summed E-state index contributed by atoms with van der Waals surface area (Å²) in [6, 6.07) is 12.0. The van der Waals surface area contributed by atoms with Crippen LogP contribution in [0.25, 0.3) is 11.4 Å². The van der Waals surface area contributed by atoms with E-state index in [4.69, 9.17) is 16.1 Å². The third-order valence-corrected chi connectivity index (χ3v) is 5.01. The first kappa shape index (κ1) is 20.2. The van der Waals surface area contributed by atoms with E-state index in [0.717, 1.165) is 0 Å². The first-order chi connectivity index (χ1) is 14.3. The largest absolute Gasteiger partial charge is 0.573 e. The lowest BCUT2D eigenvalue weighted by Gasteiger charge is -2.22. The van der Waals surface area contributed by atoms with Gasteiger partial charge in [-0.25, -0.2) is 0 Å². The van der Waals surface area contributed by atoms with Crippen molar-refractivity contribution in [3.63, 3.8) is 0 Å². The highest BCUT2D eigenvalue weighted by atomic mass is 35.5. The minimum Gasteiger partial charge on any atom is -0.406 e. The molecule has 0 N–H and O–H groups in total. The van der Waals surface area contributed by atoms with Crippen molar-refractivity contribution in [2.45, 2.75) is 31.8 Å². The Morgan fingerprint density at radius 1 is 1.17 bits per heavy atom. The van der Waals surface area contributed by atoms with Gasteiger partial charge in [0.15, 0.2) is 0 Å². The predicted octanol–water partition coefficient (Wildman–Crippen LogP) is 5.15. The van der Waals surface area contributed by atoms with Crippen molar-refractivity contribution in [2.75, 3.05) is 0 Å². The zero-order chi connectivity index (χ0) is 21.3. The zero-order valence-corrected chi connectivity index (χ0v) is 16.2. The normalized spacial score (nSPS) is 16.9. The number of hydrogen-bond acceptors (Lipinski definition) is 5. The van der Waals surface area contributed by atoms with Crippen LogP contribution in [0.5, 0.6) is 5.75 Å². The number of rotatable bonds is 5. The summed E-state index contributed by atoms with van der Waals surface area (Å²) in [6.07, 6.45) is -3.95. The van der Waals surface area contributed by atoms with Crippen LogP contribution in [0.4, 0.5) is 13.2 Å². The SMILES string of the molecule is O=C1CCC(c2nc(-c3ccccc3Cl)no2)N1Cc1ccc(OC(F)(F)F)cc1. The molecule has 6 nitrogen and oxygen atoms in total. The van der Waals surface area contributed by atoms with E-state index in [9.17, 15) is 18.0 Å². The molecule has 10 heteroatoms. The van der Waals surface area contributed by atoms with Crippen LogP contribution in [0.3, 0.4) is 0 Å². The van der Waals surface area contributed by atoms with Crippen LogP contribution in [0.2, 0.25) is 5.02 Å². The second-order valence-electron chi connectivity index (χ2n) is 6.70. The van der Waals surface area contributed by atoms with E-state index in [0.29, 0.717) is 34.8 Å². The fourth-order valence-corrected chi connectivity index (χ4v) is 3.52. The highest BCUT2D eigenvalue weighted by Crippen LogP contribution is 2.35. The first-order valence-corrected chi connectivity index (χ1v) is 9.40.